The van der Waals surface area contributed by atoms with Crippen LogP contribution >= 0.6 is 0 Å². The molecule has 0 amide bonds. The van der Waals surface area contributed by atoms with Gasteiger partial charge in [0.25, 0.3) is 0 Å². The summed E-state index contributed by atoms with van der Waals surface area (Å²) in [5, 5.41) is 7.05. The topological polar surface area (TPSA) is 56.5 Å². The van der Waals surface area contributed by atoms with Crippen LogP contribution in [0.2, 0.25) is 0 Å². The first-order chi connectivity index (χ1) is 9.63. The smallest absolute Gasteiger partial charge is 0.174 e. The lowest BCUT2D eigenvalue weighted by molar-refractivity contribution is 0.244. The molecule has 1 heterocycles. The van der Waals surface area contributed by atoms with E-state index in [1.54, 1.807) is 7.11 Å². The highest BCUT2D eigenvalue weighted by Gasteiger charge is 2.12. The van der Waals surface area contributed by atoms with Gasteiger partial charge in [-0.3, -0.25) is 0 Å². The quantitative estimate of drug-likeness (QED) is 0.879. The number of rotatable bonds is 6. The van der Waals surface area contributed by atoms with Crippen LogP contribution in [-0.2, 0) is 6.61 Å². The Morgan fingerprint density at radius 1 is 1.35 bits per heavy atom. The molecule has 0 aliphatic rings. The minimum Gasteiger partial charge on any atom is -0.497 e. The molecule has 5 nitrogen and oxygen atoms in total. The van der Waals surface area contributed by atoms with Crippen LogP contribution in [0.5, 0.6) is 11.5 Å². The van der Waals surface area contributed by atoms with Crippen molar-refractivity contribution in [3.05, 3.63) is 41.3 Å². The van der Waals surface area contributed by atoms with Gasteiger partial charge in [0.1, 0.15) is 18.1 Å². The third-order valence-electron chi connectivity index (χ3n) is 3.17. The Morgan fingerprint density at radius 2 is 2.15 bits per heavy atom. The summed E-state index contributed by atoms with van der Waals surface area (Å²) in [6.45, 7) is 4.30. The van der Waals surface area contributed by atoms with Crippen LogP contribution in [0.15, 0.2) is 28.8 Å². The molecule has 1 N–H and O–H groups in total. The minimum absolute atomic E-state index is 0.187. The van der Waals surface area contributed by atoms with E-state index in [0.717, 1.165) is 22.8 Å². The van der Waals surface area contributed by atoms with Crippen molar-refractivity contribution in [1.29, 1.82) is 0 Å². The van der Waals surface area contributed by atoms with Crippen molar-refractivity contribution in [1.82, 2.24) is 10.5 Å². The second kappa shape index (κ2) is 6.43. The van der Waals surface area contributed by atoms with Gasteiger partial charge in [-0.15, -0.1) is 0 Å². The Kier molecular flexibility index (Phi) is 4.63. The summed E-state index contributed by atoms with van der Waals surface area (Å²) in [5.41, 5.74) is 1.92. The van der Waals surface area contributed by atoms with E-state index in [1.165, 1.54) is 0 Å². The van der Waals surface area contributed by atoms with Crippen LogP contribution in [0, 0.1) is 6.92 Å². The van der Waals surface area contributed by atoms with E-state index in [9.17, 15) is 0 Å². The van der Waals surface area contributed by atoms with E-state index >= 15 is 0 Å². The maximum atomic E-state index is 5.85. The first kappa shape index (κ1) is 14.4. The molecule has 0 spiro atoms. The summed E-state index contributed by atoms with van der Waals surface area (Å²) in [7, 11) is 3.55. The third-order valence-corrected chi connectivity index (χ3v) is 3.17. The van der Waals surface area contributed by atoms with Crippen molar-refractivity contribution in [2.75, 3.05) is 14.2 Å². The number of nitrogens with one attached hydrogen (secondary N) is 1. The van der Waals surface area contributed by atoms with Gasteiger partial charge in [0.05, 0.1) is 12.8 Å². The first-order valence-electron chi connectivity index (χ1n) is 6.54. The lowest BCUT2D eigenvalue weighted by Crippen LogP contribution is -2.13. The fraction of sp³-hybridized carbons (Fsp3) is 0.400. The van der Waals surface area contributed by atoms with Crippen LogP contribution in [0.4, 0.5) is 0 Å². The maximum Gasteiger partial charge on any atom is 0.174 e. The molecule has 1 unspecified atom stereocenters. The Labute approximate surface area is 118 Å². The Morgan fingerprint density at radius 3 is 2.75 bits per heavy atom. The van der Waals surface area contributed by atoms with Crippen LogP contribution in [0.25, 0.3) is 0 Å². The van der Waals surface area contributed by atoms with Crippen LogP contribution in [0.1, 0.15) is 30.0 Å². The van der Waals surface area contributed by atoms with E-state index in [2.05, 4.69) is 17.4 Å². The lowest BCUT2D eigenvalue weighted by Gasteiger charge is -2.17. The first-order valence-corrected chi connectivity index (χ1v) is 6.54. The monoisotopic (exact) mass is 276 g/mol. The fourth-order valence-corrected chi connectivity index (χ4v) is 1.91. The SMILES string of the molecule is CNC(C)c1ccc(OC)cc1OCc1cc(C)no1. The number of aryl methyl sites for hydroxylation is 1. The van der Waals surface area contributed by atoms with Gasteiger partial charge in [0, 0.05) is 23.7 Å². The molecule has 0 saturated heterocycles. The van der Waals surface area contributed by atoms with Crippen LogP contribution in [0.3, 0.4) is 0 Å². The summed E-state index contributed by atoms with van der Waals surface area (Å²) in [6, 6.07) is 7.86. The van der Waals surface area contributed by atoms with Crippen molar-refractivity contribution in [3.8, 4) is 11.5 Å². The molecule has 1 aromatic carbocycles. The molecule has 108 valence electrons. The van der Waals surface area contributed by atoms with E-state index < -0.39 is 0 Å². The number of hydrogen-bond donors (Lipinski definition) is 1. The lowest BCUT2D eigenvalue weighted by atomic mass is 10.1. The largest absolute Gasteiger partial charge is 0.497 e. The summed E-state index contributed by atoms with van der Waals surface area (Å²) in [6.07, 6.45) is 0. The summed E-state index contributed by atoms with van der Waals surface area (Å²) in [4.78, 5) is 0. The van der Waals surface area contributed by atoms with Crippen molar-refractivity contribution in [3.63, 3.8) is 0 Å². The molecule has 2 aromatic rings. The fourth-order valence-electron chi connectivity index (χ4n) is 1.91. The predicted octanol–water partition coefficient (Wildman–Crippen LogP) is 2.85. The predicted molar refractivity (Wildman–Crippen MR) is 76.0 cm³/mol. The third kappa shape index (κ3) is 3.30. The van der Waals surface area contributed by atoms with Gasteiger partial charge in [0.2, 0.25) is 0 Å². The van der Waals surface area contributed by atoms with E-state index in [4.69, 9.17) is 14.0 Å². The highest BCUT2D eigenvalue weighted by Crippen LogP contribution is 2.30. The molecule has 0 radical (unpaired) electrons. The highest BCUT2D eigenvalue weighted by atomic mass is 16.5. The van der Waals surface area contributed by atoms with Crippen molar-refractivity contribution < 1.29 is 14.0 Å². The Hall–Kier alpha value is -2.01. The average molecular weight is 276 g/mol. The van der Waals surface area contributed by atoms with Crippen molar-refractivity contribution in [2.45, 2.75) is 26.5 Å². The molecule has 20 heavy (non-hydrogen) atoms. The van der Waals surface area contributed by atoms with Gasteiger partial charge in [-0.2, -0.15) is 0 Å². The molecular formula is C15H20N2O3. The molecule has 2 rings (SSSR count). The molecular weight excluding hydrogens is 256 g/mol. The molecule has 1 atom stereocenters. The molecule has 0 saturated carbocycles. The van der Waals surface area contributed by atoms with E-state index in [-0.39, 0.29) is 6.04 Å². The summed E-state index contributed by atoms with van der Waals surface area (Å²) >= 11 is 0. The van der Waals surface area contributed by atoms with Crippen molar-refractivity contribution in [2.24, 2.45) is 0 Å². The maximum absolute atomic E-state index is 5.85. The Balaban J connectivity index is 2.18. The number of methoxy groups -OCH3 is 1. The van der Waals surface area contributed by atoms with Crippen LogP contribution in [-0.4, -0.2) is 19.3 Å². The van der Waals surface area contributed by atoms with Gasteiger partial charge in [0.15, 0.2) is 5.76 Å². The number of hydrogen-bond acceptors (Lipinski definition) is 5. The molecule has 0 bridgehead atoms. The zero-order chi connectivity index (χ0) is 14.5. The molecule has 0 aliphatic carbocycles. The minimum atomic E-state index is 0.187. The highest BCUT2D eigenvalue weighted by molar-refractivity contribution is 5.42. The van der Waals surface area contributed by atoms with Gasteiger partial charge in [-0.1, -0.05) is 11.2 Å². The zero-order valence-electron chi connectivity index (χ0n) is 12.3. The molecule has 5 heteroatoms. The number of benzene rings is 1. The Bertz CT molecular complexity index is 566. The van der Waals surface area contributed by atoms with Gasteiger partial charge < -0.3 is 19.3 Å². The second-order valence-electron chi connectivity index (χ2n) is 4.64. The number of ether oxygens (including phenoxy) is 2. The van der Waals surface area contributed by atoms with Gasteiger partial charge in [-0.25, -0.2) is 0 Å². The van der Waals surface area contributed by atoms with Crippen molar-refractivity contribution >= 4 is 0 Å². The van der Waals surface area contributed by atoms with Gasteiger partial charge in [-0.05, 0) is 27.0 Å². The average Bonchev–Trinajstić information content (AvgIpc) is 2.89. The van der Waals surface area contributed by atoms with Gasteiger partial charge >= 0.3 is 0 Å². The second-order valence-corrected chi connectivity index (χ2v) is 4.64. The molecule has 0 fully saturated rings. The summed E-state index contributed by atoms with van der Waals surface area (Å²) < 4.78 is 16.2. The number of nitrogens with zero attached hydrogens (tertiary/aromatic N) is 1. The summed E-state index contributed by atoms with van der Waals surface area (Å²) in [5.74, 6) is 2.24. The molecule has 1 aromatic heterocycles. The van der Waals surface area contributed by atoms with E-state index in [1.807, 2.05) is 38.2 Å². The number of aromatic nitrogens is 1. The van der Waals surface area contributed by atoms with Crippen LogP contribution < -0.4 is 14.8 Å². The molecule has 0 aliphatic heterocycles. The standard InChI is InChI=1S/C15H20N2O3/c1-10-7-13(20-17-10)9-19-15-8-12(18-4)5-6-14(15)11(2)16-3/h5-8,11,16H,9H2,1-4H3. The van der Waals surface area contributed by atoms with E-state index in [0.29, 0.717) is 12.4 Å². The normalized spacial score (nSPS) is 12.2. The zero-order valence-corrected chi connectivity index (χ0v) is 12.3.